The molecular formula is C12H17NO2S. The maximum Gasteiger partial charge on any atom is 0.325 e. The molecule has 1 aromatic rings. The zero-order valence-electron chi connectivity index (χ0n) is 9.35. The summed E-state index contributed by atoms with van der Waals surface area (Å²) < 4.78 is 0. The zero-order valence-corrected chi connectivity index (χ0v) is 10.2. The van der Waals surface area contributed by atoms with Crippen LogP contribution in [0.5, 0.6) is 0 Å². The van der Waals surface area contributed by atoms with Crippen LogP contribution in [0.25, 0.3) is 0 Å². The van der Waals surface area contributed by atoms with Crippen molar-refractivity contribution in [3.05, 3.63) is 35.9 Å². The van der Waals surface area contributed by atoms with Crippen LogP contribution in [0, 0.1) is 0 Å². The van der Waals surface area contributed by atoms with Gasteiger partial charge in [0.25, 0.3) is 0 Å². The molecule has 0 bridgehead atoms. The topological polar surface area (TPSA) is 49.3 Å². The van der Waals surface area contributed by atoms with Gasteiger partial charge in [-0.15, -0.1) is 0 Å². The highest BCUT2D eigenvalue weighted by molar-refractivity contribution is 7.99. The lowest BCUT2D eigenvalue weighted by atomic mass is 10.1. The third-order valence-electron chi connectivity index (χ3n) is 2.18. The Labute approximate surface area is 100 Å². The fourth-order valence-electron chi connectivity index (χ4n) is 1.41. The first-order chi connectivity index (χ1) is 7.75. The van der Waals surface area contributed by atoms with Crippen molar-refractivity contribution < 1.29 is 9.90 Å². The molecule has 0 amide bonds. The van der Waals surface area contributed by atoms with Crippen LogP contribution in [0.4, 0.5) is 0 Å². The average Bonchev–Trinajstić information content (AvgIpc) is 2.30. The van der Waals surface area contributed by atoms with Gasteiger partial charge in [-0.2, -0.15) is 11.8 Å². The lowest BCUT2D eigenvalue weighted by Crippen LogP contribution is -2.30. The summed E-state index contributed by atoms with van der Waals surface area (Å²) in [4.78, 5) is 11.1. The highest BCUT2D eigenvalue weighted by atomic mass is 32.2. The molecule has 88 valence electrons. The third-order valence-corrected chi connectivity index (χ3v) is 3.08. The van der Waals surface area contributed by atoms with Gasteiger partial charge in [0.05, 0.1) is 0 Å². The first kappa shape index (κ1) is 13.1. The first-order valence-electron chi connectivity index (χ1n) is 5.34. The summed E-state index contributed by atoms with van der Waals surface area (Å²) >= 11 is 1.80. The van der Waals surface area contributed by atoms with E-state index < -0.39 is 12.0 Å². The van der Waals surface area contributed by atoms with Crippen molar-refractivity contribution in [1.29, 1.82) is 0 Å². The van der Waals surface area contributed by atoms with Gasteiger partial charge < -0.3 is 5.11 Å². The summed E-state index contributed by atoms with van der Waals surface area (Å²) in [6, 6.07) is 8.66. The molecular weight excluding hydrogens is 222 g/mol. The van der Waals surface area contributed by atoms with E-state index in [0.717, 1.165) is 17.1 Å². The van der Waals surface area contributed by atoms with Crippen LogP contribution >= 0.6 is 11.8 Å². The van der Waals surface area contributed by atoms with Crippen molar-refractivity contribution in [1.82, 2.24) is 5.32 Å². The van der Waals surface area contributed by atoms with Crippen LogP contribution in [0.1, 0.15) is 18.5 Å². The molecule has 0 fully saturated rings. The Bertz CT molecular complexity index is 316. The normalized spacial score (nSPS) is 12.3. The van der Waals surface area contributed by atoms with Crippen LogP contribution in [0.2, 0.25) is 0 Å². The first-order valence-corrected chi connectivity index (χ1v) is 6.50. The maximum atomic E-state index is 11.1. The number of thioether (sulfide) groups is 1. The molecule has 0 unspecified atom stereocenters. The van der Waals surface area contributed by atoms with Crippen molar-refractivity contribution in [3.8, 4) is 0 Å². The van der Waals surface area contributed by atoms with E-state index in [2.05, 4.69) is 12.2 Å². The summed E-state index contributed by atoms with van der Waals surface area (Å²) in [6.07, 6.45) is 0. The van der Waals surface area contributed by atoms with Gasteiger partial charge in [-0.1, -0.05) is 37.3 Å². The standard InChI is InChI=1S/C12H17NO2S/c1-2-16-9-8-13-11(12(14)15)10-6-4-3-5-7-10/h3-7,11,13H,2,8-9H2,1H3,(H,14,15)/t11-/m0/s1. The molecule has 16 heavy (non-hydrogen) atoms. The molecule has 0 aliphatic heterocycles. The summed E-state index contributed by atoms with van der Waals surface area (Å²) in [7, 11) is 0. The Morgan fingerprint density at radius 1 is 1.44 bits per heavy atom. The maximum absolute atomic E-state index is 11.1. The quantitative estimate of drug-likeness (QED) is 0.716. The number of hydrogen-bond donors (Lipinski definition) is 2. The lowest BCUT2D eigenvalue weighted by Gasteiger charge is -2.14. The average molecular weight is 239 g/mol. The molecule has 0 radical (unpaired) electrons. The highest BCUT2D eigenvalue weighted by Gasteiger charge is 2.17. The van der Waals surface area contributed by atoms with E-state index in [-0.39, 0.29) is 0 Å². The minimum Gasteiger partial charge on any atom is -0.480 e. The van der Waals surface area contributed by atoms with Crippen molar-refractivity contribution in [3.63, 3.8) is 0 Å². The largest absolute Gasteiger partial charge is 0.480 e. The highest BCUT2D eigenvalue weighted by Crippen LogP contribution is 2.12. The van der Waals surface area contributed by atoms with Gasteiger partial charge in [0.15, 0.2) is 0 Å². The van der Waals surface area contributed by atoms with Crippen molar-refractivity contribution in [2.24, 2.45) is 0 Å². The monoisotopic (exact) mass is 239 g/mol. The number of carbonyl (C=O) groups is 1. The Balaban J connectivity index is 2.52. The van der Waals surface area contributed by atoms with Gasteiger partial charge in [-0.3, -0.25) is 10.1 Å². The molecule has 0 aliphatic rings. The van der Waals surface area contributed by atoms with Gasteiger partial charge in [0.1, 0.15) is 6.04 Å². The van der Waals surface area contributed by atoms with Crippen LogP contribution in [-0.2, 0) is 4.79 Å². The van der Waals surface area contributed by atoms with E-state index in [4.69, 9.17) is 5.11 Å². The molecule has 0 saturated heterocycles. The SMILES string of the molecule is CCSCCN[C@H](C(=O)O)c1ccccc1. The molecule has 0 saturated carbocycles. The van der Waals surface area contributed by atoms with E-state index in [9.17, 15) is 4.79 Å². The predicted molar refractivity (Wildman–Crippen MR) is 67.8 cm³/mol. The van der Waals surface area contributed by atoms with Crippen molar-refractivity contribution in [2.75, 3.05) is 18.1 Å². The van der Waals surface area contributed by atoms with E-state index in [1.165, 1.54) is 0 Å². The minimum atomic E-state index is -0.826. The Hall–Kier alpha value is -1.00. The van der Waals surface area contributed by atoms with E-state index in [1.807, 2.05) is 30.3 Å². The molecule has 1 aromatic carbocycles. The minimum absolute atomic E-state index is 0.598. The fraction of sp³-hybridized carbons (Fsp3) is 0.417. The molecule has 1 rings (SSSR count). The summed E-state index contributed by atoms with van der Waals surface area (Å²) in [5.74, 6) is 1.17. The van der Waals surface area contributed by atoms with Gasteiger partial charge in [-0.25, -0.2) is 0 Å². The van der Waals surface area contributed by atoms with E-state index in [1.54, 1.807) is 11.8 Å². The zero-order chi connectivity index (χ0) is 11.8. The number of carboxylic acid groups (broad SMARTS) is 1. The number of carboxylic acids is 1. The second kappa shape index (κ2) is 7.30. The molecule has 0 aliphatic carbocycles. The molecule has 0 heterocycles. The second-order valence-electron chi connectivity index (χ2n) is 3.33. The predicted octanol–water partition coefficient (Wildman–Crippen LogP) is 2.16. The number of aliphatic carboxylic acids is 1. The third kappa shape index (κ3) is 4.24. The molecule has 2 N–H and O–H groups in total. The molecule has 0 aromatic heterocycles. The van der Waals surface area contributed by atoms with Gasteiger partial charge in [0.2, 0.25) is 0 Å². The van der Waals surface area contributed by atoms with E-state index >= 15 is 0 Å². The molecule has 4 heteroatoms. The summed E-state index contributed by atoms with van der Waals surface area (Å²) in [6.45, 7) is 2.81. The van der Waals surface area contributed by atoms with Gasteiger partial charge in [0, 0.05) is 12.3 Å². The summed E-state index contributed by atoms with van der Waals surface area (Å²) in [5, 5.41) is 12.2. The fourth-order valence-corrected chi connectivity index (χ4v) is 1.96. The van der Waals surface area contributed by atoms with Gasteiger partial charge in [-0.05, 0) is 11.3 Å². The van der Waals surface area contributed by atoms with Crippen LogP contribution in [0.15, 0.2) is 30.3 Å². The smallest absolute Gasteiger partial charge is 0.325 e. The van der Waals surface area contributed by atoms with Crippen LogP contribution in [-0.4, -0.2) is 29.1 Å². The Kier molecular flexibility index (Phi) is 5.96. The van der Waals surface area contributed by atoms with Crippen LogP contribution in [0.3, 0.4) is 0 Å². The number of benzene rings is 1. The second-order valence-corrected chi connectivity index (χ2v) is 4.73. The number of rotatable bonds is 7. The number of hydrogen-bond acceptors (Lipinski definition) is 3. The summed E-state index contributed by atoms with van der Waals surface area (Å²) in [5.41, 5.74) is 0.802. The van der Waals surface area contributed by atoms with Crippen molar-refractivity contribution >= 4 is 17.7 Å². The van der Waals surface area contributed by atoms with Crippen molar-refractivity contribution in [2.45, 2.75) is 13.0 Å². The van der Waals surface area contributed by atoms with Gasteiger partial charge >= 0.3 is 5.97 Å². The molecule has 0 spiro atoms. The molecule has 1 atom stereocenters. The van der Waals surface area contributed by atoms with E-state index in [0.29, 0.717) is 6.54 Å². The van der Waals surface area contributed by atoms with Crippen LogP contribution < -0.4 is 5.32 Å². The Morgan fingerprint density at radius 2 is 2.12 bits per heavy atom. The molecule has 3 nitrogen and oxygen atoms in total. The lowest BCUT2D eigenvalue weighted by molar-refractivity contribution is -0.139. The number of nitrogens with one attached hydrogen (secondary N) is 1. The Morgan fingerprint density at radius 3 is 2.69 bits per heavy atom.